The smallest absolute Gasteiger partial charge is 0.210 e. The molecule has 1 aromatic rings. The number of benzene rings is 1. The fourth-order valence-electron chi connectivity index (χ4n) is 6.57. The van der Waals surface area contributed by atoms with Gasteiger partial charge in [0.25, 0.3) is 0 Å². The molecule has 0 unspecified atom stereocenters. The zero-order chi connectivity index (χ0) is 18.8. The fourth-order valence-corrected chi connectivity index (χ4v) is 6.87. The van der Waals surface area contributed by atoms with E-state index in [1.807, 2.05) is 30.3 Å². The van der Waals surface area contributed by atoms with Crippen LogP contribution in [-0.4, -0.2) is 34.7 Å². The van der Waals surface area contributed by atoms with Crippen LogP contribution in [0.25, 0.3) is 0 Å². The van der Waals surface area contributed by atoms with E-state index in [2.05, 4.69) is 10.2 Å². The number of rotatable bonds is 1. The van der Waals surface area contributed by atoms with Gasteiger partial charge in [0.2, 0.25) is 11.6 Å². The van der Waals surface area contributed by atoms with Crippen LogP contribution in [0.3, 0.4) is 0 Å². The summed E-state index contributed by atoms with van der Waals surface area (Å²) in [6.45, 7) is 1.64. The second-order valence-electron chi connectivity index (χ2n) is 9.49. The molecular formula is C22H28N2O3S. The van der Waals surface area contributed by atoms with Gasteiger partial charge in [0, 0.05) is 43.5 Å². The summed E-state index contributed by atoms with van der Waals surface area (Å²) in [6, 6.07) is 10.1. The largest absolute Gasteiger partial charge is 0.349 e. The summed E-state index contributed by atoms with van der Waals surface area (Å²) in [5.74, 6) is 1.75. The molecule has 6 fully saturated rings. The van der Waals surface area contributed by atoms with Crippen molar-refractivity contribution in [3.8, 4) is 0 Å². The molecule has 0 atom stereocenters. The number of ether oxygens (including phenoxy) is 1. The molecule has 5 nitrogen and oxygen atoms in total. The lowest BCUT2D eigenvalue weighted by molar-refractivity contribution is -0.390. The van der Waals surface area contributed by atoms with E-state index in [9.17, 15) is 0 Å². The van der Waals surface area contributed by atoms with Crippen molar-refractivity contribution in [2.45, 2.75) is 56.5 Å². The van der Waals surface area contributed by atoms with E-state index in [0.29, 0.717) is 11.8 Å². The Balaban J connectivity index is 1.11. The Morgan fingerprint density at radius 1 is 0.929 bits per heavy atom. The van der Waals surface area contributed by atoms with Crippen molar-refractivity contribution >= 4 is 23.0 Å². The molecule has 1 N–H and O–H groups in total. The monoisotopic (exact) mass is 400 g/mol. The molecule has 6 heteroatoms. The first-order chi connectivity index (χ1) is 13.6. The summed E-state index contributed by atoms with van der Waals surface area (Å²) in [4.78, 5) is 14.3. The average molecular weight is 401 g/mol. The van der Waals surface area contributed by atoms with Crippen molar-refractivity contribution in [2.75, 3.05) is 18.4 Å². The van der Waals surface area contributed by atoms with Crippen LogP contribution in [0.15, 0.2) is 30.3 Å². The summed E-state index contributed by atoms with van der Waals surface area (Å²) >= 11 is 5.62. The van der Waals surface area contributed by atoms with Gasteiger partial charge in [-0.1, -0.05) is 18.2 Å². The first-order valence-electron chi connectivity index (χ1n) is 10.8. The topological polar surface area (TPSA) is 43.0 Å². The molecule has 0 amide bonds. The van der Waals surface area contributed by atoms with Gasteiger partial charge in [-0.25, -0.2) is 0 Å². The second kappa shape index (κ2) is 6.39. The maximum absolute atomic E-state index is 6.77. The van der Waals surface area contributed by atoms with E-state index in [1.54, 1.807) is 0 Å². The first kappa shape index (κ1) is 17.6. The molecule has 4 bridgehead atoms. The molecule has 7 rings (SSSR count). The van der Waals surface area contributed by atoms with Crippen LogP contribution in [0.2, 0.25) is 0 Å². The first-order valence-corrected chi connectivity index (χ1v) is 11.2. The van der Waals surface area contributed by atoms with E-state index in [1.165, 1.54) is 32.1 Å². The summed E-state index contributed by atoms with van der Waals surface area (Å²) in [5.41, 5.74) is 1.03. The highest BCUT2D eigenvalue weighted by molar-refractivity contribution is 7.80. The molecule has 2 spiro atoms. The van der Waals surface area contributed by atoms with Gasteiger partial charge >= 0.3 is 0 Å². The molecule has 1 aromatic carbocycles. The van der Waals surface area contributed by atoms with Crippen LogP contribution in [0, 0.1) is 23.7 Å². The Bertz CT molecular complexity index is 734. The summed E-state index contributed by atoms with van der Waals surface area (Å²) < 4.78 is 6.77. The van der Waals surface area contributed by atoms with Gasteiger partial charge in [0.15, 0.2) is 5.11 Å². The maximum atomic E-state index is 6.77. The van der Waals surface area contributed by atoms with E-state index in [4.69, 9.17) is 26.7 Å². The number of hydrogen-bond donors (Lipinski definition) is 1. The van der Waals surface area contributed by atoms with Gasteiger partial charge in [0.1, 0.15) is 0 Å². The Morgan fingerprint density at radius 3 is 2.21 bits per heavy atom. The highest BCUT2D eigenvalue weighted by Crippen LogP contribution is 2.63. The third-order valence-corrected chi connectivity index (χ3v) is 8.14. The Labute approximate surface area is 171 Å². The van der Waals surface area contributed by atoms with Gasteiger partial charge in [-0.3, -0.25) is 0 Å². The van der Waals surface area contributed by atoms with Crippen molar-refractivity contribution in [2.24, 2.45) is 23.7 Å². The highest BCUT2D eigenvalue weighted by Gasteiger charge is 2.66. The molecular weight excluding hydrogens is 372 g/mol. The highest BCUT2D eigenvalue weighted by atomic mass is 32.1. The molecule has 4 saturated carbocycles. The number of nitrogens with zero attached hydrogens (tertiary/aromatic N) is 1. The zero-order valence-electron chi connectivity index (χ0n) is 16.1. The van der Waals surface area contributed by atoms with Crippen LogP contribution in [0.1, 0.15) is 44.9 Å². The maximum Gasteiger partial charge on any atom is 0.210 e. The fraction of sp³-hybridized carbons (Fsp3) is 0.682. The predicted molar refractivity (Wildman–Crippen MR) is 109 cm³/mol. The Morgan fingerprint density at radius 2 is 1.57 bits per heavy atom. The lowest BCUT2D eigenvalue weighted by atomic mass is 9.53. The number of likely N-dealkylation sites (tertiary alicyclic amines) is 1. The number of nitrogens with one attached hydrogen (secondary N) is 1. The van der Waals surface area contributed by atoms with Crippen molar-refractivity contribution in [3.63, 3.8) is 0 Å². The minimum atomic E-state index is -0.589. The number of hydrogen-bond acceptors (Lipinski definition) is 4. The molecule has 2 aliphatic heterocycles. The van der Waals surface area contributed by atoms with Gasteiger partial charge in [-0.05, 0) is 68.3 Å². The minimum absolute atomic E-state index is 0.474. The van der Waals surface area contributed by atoms with E-state index >= 15 is 0 Å². The molecule has 0 aromatic heterocycles. The van der Waals surface area contributed by atoms with Crippen molar-refractivity contribution in [1.82, 2.24) is 4.90 Å². The number of anilines is 1. The van der Waals surface area contributed by atoms with Crippen LogP contribution < -0.4 is 5.32 Å². The minimum Gasteiger partial charge on any atom is -0.349 e. The summed E-state index contributed by atoms with van der Waals surface area (Å²) in [6.07, 6.45) is 8.02. The Hall–Kier alpha value is -1.21. The SMILES string of the molecule is S=C(Nc1ccccc1)N1CCC2(CC1)OOC1(O2)C2CC3CC(C2)CC1C3. The zero-order valence-corrected chi connectivity index (χ0v) is 17.0. The summed E-state index contributed by atoms with van der Waals surface area (Å²) in [7, 11) is 0. The number of para-hydroxylation sites is 1. The van der Waals surface area contributed by atoms with Crippen LogP contribution >= 0.6 is 12.2 Å². The van der Waals surface area contributed by atoms with Gasteiger partial charge < -0.3 is 15.0 Å². The third-order valence-electron chi connectivity index (χ3n) is 7.78. The lowest BCUT2D eigenvalue weighted by Crippen LogP contribution is -2.59. The molecule has 4 aliphatic carbocycles. The molecule has 150 valence electrons. The molecule has 2 heterocycles. The predicted octanol–water partition coefficient (Wildman–Crippen LogP) is 4.31. The van der Waals surface area contributed by atoms with Crippen LogP contribution in [-0.2, 0) is 14.5 Å². The lowest BCUT2D eigenvalue weighted by Gasteiger charge is -2.57. The van der Waals surface area contributed by atoms with Gasteiger partial charge in [0.05, 0.1) is 0 Å². The van der Waals surface area contributed by atoms with Crippen molar-refractivity contribution < 1.29 is 14.5 Å². The van der Waals surface area contributed by atoms with Gasteiger partial charge in [-0.2, -0.15) is 9.78 Å². The molecule has 2 saturated heterocycles. The number of piperidine rings is 1. The molecule has 28 heavy (non-hydrogen) atoms. The summed E-state index contributed by atoms with van der Waals surface area (Å²) in [5, 5.41) is 4.10. The van der Waals surface area contributed by atoms with Crippen LogP contribution in [0.5, 0.6) is 0 Å². The normalized spacial score (nSPS) is 40.4. The van der Waals surface area contributed by atoms with Crippen molar-refractivity contribution in [1.29, 1.82) is 0 Å². The van der Waals surface area contributed by atoms with Gasteiger partial charge in [-0.15, -0.1) is 0 Å². The molecule has 6 aliphatic rings. The standard InChI is InChI=1S/C22H28N2O3S/c28-20(23-19-4-2-1-3-5-19)24-8-6-21(7-9-24)25-22(27-26-21)17-11-15-10-16(13-17)14-18(22)12-15/h1-5,15-18H,6-14H2,(H,23,28). The second-order valence-corrected chi connectivity index (χ2v) is 9.88. The van der Waals surface area contributed by atoms with E-state index < -0.39 is 11.6 Å². The molecule has 0 radical (unpaired) electrons. The van der Waals surface area contributed by atoms with Crippen LogP contribution in [0.4, 0.5) is 5.69 Å². The third kappa shape index (κ3) is 2.72. The quantitative estimate of drug-likeness (QED) is 0.560. The van der Waals surface area contributed by atoms with Crippen molar-refractivity contribution in [3.05, 3.63) is 30.3 Å². The van der Waals surface area contributed by atoms with E-state index in [-0.39, 0.29) is 0 Å². The number of thiocarbonyl (C=S) groups is 1. The van der Waals surface area contributed by atoms with E-state index in [0.717, 1.165) is 48.6 Å². The Kier molecular flexibility index (Phi) is 4.03. The average Bonchev–Trinajstić information content (AvgIpc) is 3.07.